The molecule has 2 fully saturated rings. The van der Waals surface area contributed by atoms with Gasteiger partial charge in [0.1, 0.15) is 0 Å². The van der Waals surface area contributed by atoms with Crippen LogP contribution in [0.3, 0.4) is 0 Å². The van der Waals surface area contributed by atoms with E-state index >= 15 is 0 Å². The Hall–Kier alpha value is -0.0800. The van der Waals surface area contributed by atoms with E-state index in [-0.39, 0.29) is 5.54 Å². The Morgan fingerprint density at radius 2 is 1.58 bits per heavy atom. The maximum absolute atomic E-state index is 6.26. The zero-order chi connectivity index (χ0) is 14.3. The van der Waals surface area contributed by atoms with Gasteiger partial charge in [0, 0.05) is 18.1 Å². The maximum atomic E-state index is 6.26. The second-order valence-corrected chi connectivity index (χ2v) is 8.48. The molecule has 2 aliphatic rings. The fourth-order valence-corrected chi connectivity index (χ4v) is 4.69. The second kappa shape index (κ2) is 5.04. The minimum atomic E-state index is 0.235. The molecule has 0 bridgehead atoms. The lowest BCUT2D eigenvalue weighted by Crippen LogP contribution is -2.61. The molecule has 0 aliphatic heterocycles. The molecular weight excluding hydrogens is 232 g/mol. The monoisotopic (exact) mass is 266 g/mol. The Morgan fingerprint density at radius 1 is 1.00 bits per heavy atom. The molecule has 2 rings (SSSR count). The lowest BCUT2D eigenvalue weighted by Gasteiger charge is -2.52. The Balaban J connectivity index is 2.12. The number of likely N-dealkylation sites (N-methyl/N-ethyl adjacent to an activating group) is 1. The van der Waals surface area contributed by atoms with E-state index in [1.807, 2.05) is 0 Å². The van der Waals surface area contributed by atoms with E-state index in [1.165, 1.54) is 44.9 Å². The Bertz CT molecular complexity index is 311. The van der Waals surface area contributed by atoms with Gasteiger partial charge >= 0.3 is 0 Å². The average Bonchev–Trinajstić information content (AvgIpc) is 2.64. The summed E-state index contributed by atoms with van der Waals surface area (Å²) in [6, 6.07) is 0.744. The molecule has 0 aromatic rings. The van der Waals surface area contributed by atoms with Crippen LogP contribution < -0.4 is 5.73 Å². The predicted molar refractivity (Wildman–Crippen MR) is 83.2 cm³/mol. The standard InChI is InChI=1S/C17H34N2/c1-15(2)11-7-14(8-12-15)19(5)17(13-18)10-6-9-16(17,3)4/h14H,6-13,18H2,1-5H3. The molecule has 1 atom stereocenters. The third-order valence-corrected chi connectivity index (χ3v) is 6.52. The molecule has 0 aromatic carbocycles. The topological polar surface area (TPSA) is 29.3 Å². The van der Waals surface area contributed by atoms with Gasteiger partial charge in [0.25, 0.3) is 0 Å². The zero-order valence-corrected chi connectivity index (χ0v) is 13.8. The summed E-state index contributed by atoms with van der Waals surface area (Å²) >= 11 is 0. The van der Waals surface area contributed by atoms with E-state index in [1.54, 1.807) is 0 Å². The van der Waals surface area contributed by atoms with Crippen molar-refractivity contribution in [3.8, 4) is 0 Å². The summed E-state index contributed by atoms with van der Waals surface area (Å²) < 4.78 is 0. The van der Waals surface area contributed by atoms with Crippen molar-refractivity contribution in [1.82, 2.24) is 4.90 Å². The highest BCUT2D eigenvalue weighted by Gasteiger charge is 2.52. The first-order chi connectivity index (χ1) is 8.74. The van der Waals surface area contributed by atoms with Gasteiger partial charge in [0.2, 0.25) is 0 Å². The number of rotatable bonds is 3. The Morgan fingerprint density at radius 3 is 2.00 bits per heavy atom. The number of nitrogens with two attached hydrogens (primary N) is 1. The summed E-state index contributed by atoms with van der Waals surface area (Å²) in [5.74, 6) is 0. The van der Waals surface area contributed by atoms with Crippen molar-refractivity contribution >= 4 is 0 Å². The van der Waals surface area contributed by atoms with E-state index in [4.69, 9.17) is 5.73 Å². The third-order valence-electron chi connectivity index (χ3n) is 6.52. The van der Waals surface area contributed by atoms with Gasteiger partial charge in [-0.3, -0.25) is 4.90 Å². The molecule has 2 heteroatoms. The van der Waals surface area contributed by atoms with Crippen LogP contribution in [0.2, 0.25) is 0 Å². The first-order valence-corrected chi connectivity index (χ1v) is 8.17. The van der Waals surface area contributed by atoms with Crippen LogP contribution in [0.5, 0.6) is 0 Å². The van der Waals surface area contributed by atoms with Crippen molar-refractivity contribution in [2.24, 2.45) is 16.6 Å². The van der Waals surface area contributed by atoms with Crippen LogP contribution in [-0.2, 0) is 0 Å². The lowest BCUT2D eigenvalue weighted by atomic mass is 9.70. The summed E-state index contributed by atoms with van der Waals surface area (Å²) in [7, 11) is 2.35. The molecule has 2 aliphatic carbocycles. The van der Waals surface area contributed by atoms with Gasteiger partial charge in [-0.05, 0) is 56.4 Å². The van der Waals surface area contributed by atoms with Crippen molar-refractivity contribution in [2.75, 3.05) is 13.6 Å². The fourth-order valence-electron chi connectivity index (χ4n) is 4.69. The molecule has 2 saturated carbocycles. The van der Waals surface area contributed by atoms with E-state index in [0.717, 1.165) is 12.6 Å². The van der Waals surface area contributed by atoms with Crippen LogP contribution in [0.4, 0.5) is 0 Å². The molecule has 0 aromatic heterocycles. The highest BCUT2D eigenvalue weighted by Crippen LogP contribution is 2.50. The normalized spacial score (nSPS) is 34.9. The molecule has 0 amide bonds. The third kappa shape index (κ3) is 2.58. The Labute approximate surface area is 120 Å². The van der Waals surface area contributed by atoms with Crippen LogP contribution in [0, 0.1) is 10.8 Å². The van der Waals surface area contributed by atoms with Gasteiger partial charge in [-0.2, -0.15) is 0 Å². The second-order valence-electron chi connectivity index (χ2n) is 8.48. The van der Waals surface area contributed by atoms with Crippen LogP contribution in [0.25, 0.3) is 0 Å². The van der Waals surface area contributed by atoms with Crippen LogP contribution >= 0.6 is 0 Å². The smallest absolute Gasteiger partial charge is 0.0382 e. The highest BCUT2D eigenvalue weighted by molar-refractivity contribution is 5.08. The van der Waals surface area contributed by atoms with E-state index in [9.17, 15) is 0 Å². The zero-order valence-electron chi connectivity index (χ0n) is 13.8. The minimum Gasteiger partial charge on any atom is -0.329 e. The number of hydrogen-bond acceptors (Lipinski definition) is 2. The van der Waals surface area contributed by atoms with Gasteiger partial charge in [0.05, 0.1) is 0 Å². The lowest BCUT2D eigenvalue weighted by molar-refractivity contribution is -0.0196. The largest absolute Gasteiger partial charge is 0.329 e. The fraction of sp³-hybridized carbons (Fsp3) is 1.00. The van der Waals surface area contributed by atoms with E-state index in [2.05, 4.69) is 39.6 Å². The van der Waals surface area contributed by atoms with Crippen molar-refractivity contribution in [1.29, 1.82) is 0 Å². The minimum absolute atomic E-state index is 0.235. The first kappa shape index (κ1) is 15.3. The molecule has 2 nitrogen and oxygen atoms in total. The SMILES string of the molecule is CN(C1CCC(C)(C)CC1)C1(CN)CCCC1(C)C. The van der Waals surface area contributed by atoms with Gasteiger partial charge < -0.3 is 5.73 Å². The number of hydrogen-bond donors (Lipinski definition) is 1. The van der Waals surface area contributed by atoms with E-state index < -0.39 is 0 Å². The maximum Gasteiger partial charge on any atom is 0.0382 e. The first-order valence-electron chi connectivity index (χ1n) is 8.17. The molecule has 0 spiro atoms. The molecule has 0 saturated heterocycles. The van der Waals surface area contributed by atoms with Gasteiger partial charge in [-0.25, -0.2) is 0 Å². The molecule has 19 heavy (non-hydrogen) atoms. The summed E-state index contributed by atoms with van der Waals surface area (Å²) in [6.07, 6.45) is 9.38. The van der Waals surface area contributed by atoms with Crippen LogP contribution in [0.1, 0.15) is 72.6 Å². The molecular formula is C17H34N2. The molecule has 0 heterocycles. The quantitative estimate of drug-likeness (QED) is 0.842. The summed E-state index contributed by atoms with van der Waals surface area (Å²) in [5, 5.41) is 0. The Kier molecular flexibility index (Phi) is 4.06. The molecule has 0 radical (unpaired) electrons. The molecule has 112 valence electrons. The van der Waals surface area contributed by atoms with Gasteiger partial charge in [-0.1, -0.05) is 34.1 Å². The van der Waals surface area contributed by atoms with Crippen LogP contribution in [0.15, 0.2) is 0 Å². The highest BCUT2D eigenvalue weighted by atomic mass is 15.2. The summed E-state index contributed by atoms with van der Waals surface area (Å²) in [5.41, 5.74) is 7.42. The summed E-state index contributed by atoms with van der Waals surface area (Å²) in [6.45, 7) is 10.5. The van der Waals surface area contributed by atoms with Crippen molar-refractivity contribution in [3.63, 3.8) is 0 Å². The van der Waals surface area contributed by atoms with Crippen molar-refractivity contribution in [3.05, 3.63) is 0 Å². The average molecular weight is 266 g/mol. The number of nitrogens with zero attached hydrogens (tertiary/aromatic N) is 1. The van der Waals surface area contributed by atoms with Crippen LogP contribution in [-0.4, -0.2) is 30.1 Å². The molecule has 1 unspecified atom stereocenters. The molecule has 2 N–H and O–H groups in total. The van der Waals surface area contributed by atoms with Crippen molar-refractivity contribution < 1.29 is 0 Å². The van der Waals surface area contributed by atoms with Gasteiger partial charge in [0.15, 0.2) is 0 Å². The van der Waals surface area contributed by atoms with Gasteiger partial charge in [-0.15, -0.1) is 0 Å². The summed E-state index contributed by atoms with van der Waals surface area (Å²) in [4.78, 5) is 2.69. The van der Waals surface area contributed by atoms with Crippen molar-refractivity contribution in [2.45, 2.75) is 84.2 Å². The predicted octanol–water partition coefficient (Wildman–Crippen LogP) is 3.79. The van der Waals surface area contributed by atoms with E-state index in [0.29, 0.717) is 10.8 Å².